The highest BCUT2D eigenvalue weighted by atomic mass is 32.2. The number of hydrogen-bond acceptors (Lipinski definition) is 9. The molecule has 0 heterocycles. The van der Waals surface area contributed by atoms with Crippen LogP contribution in [0, 0.1) is 5.41 Å². The van der Waals surface area contributed by atoms with Gasteiger partial charge in [-0.15, -0.1) is 25.3 Å². The molecule has 0 saturated heterocycles. The molecule has 0 aliphatic heterocycles. The highest BCUT2D eigenvalue weighted by Crippen LogP contribution is 2.40. The molecule has 0 amide bonds. The van der Waals surface area contributed by atoms with Crippen LogP contribution in [0.15, 0.2) is 0 Å². The van der Waals surface area contributed by atoms with Crippen molar-refractivity contribution >= 4 is 56.5 Å². The summed E-state index contributed by atoms with van der Waals surface area (Å²) in [6, 6.07) is 0. The van der Waals surface area contributed by atoms with E-state index < -0.39 is 46.0 Å². The molecule has 0 aromatic heterocycles. The third-order valence-electron chi connectivity index (χ3n) is 2.30. The first-order valence-electron chi connectivity index (χ1n) is 5.00. The van der Waals surface area contributed by atoms with Crippen LogP contribution in [0.5, 0.6) is 0 Å². The van der Waals surface area contributed by atoms with Gasteiger partial charge in [-0.25, -0.2) is 4.79 Å². The largest absolute Gasteiger partial charge is 0.480 e. The molecule has 19 heavy (non-hydrogen) atoms. The van der Waals surface area contributed by atoms with E-state index in [1.165, 1.54) is 6.92 Å². The van der Waals surface area contributed by atoms with Crippen molar-refractivity contribution in [1.29, 1.82) is 0 Å². The molecule has 10 heteroatoms. The van der Waals surface area contributed by atoms with Gasteiger partial charge in [0.1, 0.15) is 0 Å². The quantitative estimate of drug-likeness (QED) is 0.227. The first-order valence-corrected chi connectivity index (χ1v) is 6.79. The van der Waals surface area contributed by atoms with Crippen molar-refractivity contribution in [3.63, 3.8) is 0 Å². The Hall–Kier alpha value is 0.710. The van der Waals surface area contributed by atoms with Crippen LogP contribution in [-0.4, -0.2) is 66.1 Å². The third kappa shape index (κ3) is 6.80. The van der Waals surface area contributed by atoms with Gasteiger partial charge in [0.25, 0.3) is 0 Å². The fourth-order valence-corrected chi connectivity index (χ4v) is 0.694. The molecule has 0 spiro atoms. The summed E-state index contributed by atoms with van der Waals surface area (Å²) in [5, 5.41) is 42.5. The lowest BCUT2D eigenvalue weighted by Crippen LogP contribution is -2.41. The smallest absolute Gasteiger partial charge is 0.331 e. The lowest BCUT2D eigenvalue weighted by atomic mass is 9.93. The Kier molecular flexibility index (Phi) is 10.3. The fourth-order valence-electron chi connectivity index (χ4n) is 0.503. The van der Waals surface area contributed by atoms with E-state index in [-0.39, 0.29) is 0 Å². The van der Waals surface area contributed by atoms with Gasteiger partial charge < -0.3 is 25.5 Å². The van der Waals surface area contributed by atoms with Crippen LogP contribution in [-0.2, 0) is 4.79 Å². The van der Waals surface area contributed by atoms with Crippen LogP contribution in [0.1, 0.15) is 6.92 Å². The second-order valence-electron chi connectivity index (χ2n) is 4.13. The maximum absolute atomic E-state index is 10.4. The van der Waals surface area contributed by atoms with Gasteiger partial charge in [-0.3, -0.25) is 0 Å². The fraction of sp³-hybridized carbons (Fsp3) is 0.889. The summed E-state index contributed by atoms with van der Waals surface area (Å²) < 4.78 is -2.59. The average molecular weight is 353 g/mol. The molecule has 0 rings (SSSR count). The van der Waals surface area contributed by atoms with E-state index in [9.17, 15) is 4.79 Å². The zero-order valence-electron chi connectivity index (χ0n) is 10.3. The minimum atomic E-state index is -1.53. The zero-order valence-corrected chi connectivity index (χ0v) is 13.8. The van der Waals surface area contributed by atoms with E-state index in [1.807, 2.05) is 0 Å². The van der Waals surface area contributed by atoms with Gasteiger partial charge in [-0.1, -0.05) is 0 Å². The molecule has 0 aromatic rings. The van der Waals surface area contributed by atoms with Gasteiger partial charge in [0.2, 0.25) is 0 Å². The molecular formula is C9H20O6S4. The minimum Gasteiger partial charge on any atom is -0.480 e. The molecule has 0 aromatic carbocycles. The highest BCUT2D eigenvalue weighted by Gasteiger charge is 2.44. The number of thiol groups is 4. The Morgan fingerprint density at radius 2 is 1.16 bits per heavy atom. The van der Waals surface area contributed by atoms with E-state index in [0.29, 0.717) is 0 Å². The maximum atomic E-state index is 10.4. The lowest BCUT2D eigenvalue weighted by molar-refractivity contribution is -0.137. The van der Waals surface area contributed by atoms with E-state index in [1.54, 1.807) is 0 Å². The van der Waals surface area contributed by atoms with Crippen molar-refractivity contribution < 1.29 is 30.3 Å². The van der Waals surface area contributed by atoms with Crippen molar-refractivity contribution in [3.8, 4) is 0 Å². The van der Waals surface area contributed by atoms with Crippen molar-refractivity contribution in [3.05, 3.63) is 0 Å². The molecule has 5 N–H and O–H groups in total. The molecule has 0 fully saturated rings. The standard InChI is InChI=1S/C5H12O4.C4H8O2S4/c6-1-5(2-7,3-8)4-9;1-3(7,8)4(9,10)2(5)6/h6-9H,1-4H2;7-10H,1H3,(H,5,6). The van der Waals surface area contributed by atoms with Crippen LogP contribution in [0.3, 0.4) is 0 Å². The van der Waals surface area contributed by atoms with Gasteiger partial charge in [-0.05, 0) is 6.92 Å². The number of carboxylic acid groups (broad SMARTS) is 1. The number of hydrogen-bond donors (Lipinski definition) is 9. The molecule has 6 nitrogen and oxygen atoms in total. The Morgan fingerprint density at radius 1 is 0.895 bits per heavy atom. The molecular weight excluding hydrogens is 332 g/mol. The summed E-state index contributed by atoms with van der Waals surface area (Å²) in [6.07, 6.45) is 0. The van der Waals surface area contributed by atoms with Gasteiger partial charge >= 0.3 is 5.97 Å². The van der Waals surface area contributed by atoms with E-state index >= 15 is 0 Å². The number of aliphatic hydroxyl groups is 4. The Balaban J connectivity index is 0. The van der Waals surface area contributed by atoms with Gasteiger partial charge in [0, 0.05) is 0 Å². The van der Waals surface area contributed by atoms with Gasteiger partial charge in [-0.2, -0.15) is 25.3 Å². The first kappa shape index (κ1) is 22.0. The summed E-state index contributed by atoms with van der Waals surface area (Å²) >= 11 is 15.4. The predicted molar refractivity (Wildman–Crippen MR) is 85.5 cm³/mol. The molecule has 0 bridgehead atoms. The van der Waals surface area contributed by atoms with Gasteiger partial charge in [0.15, 0.2) is 4.08 Å². The Labute approximate surface area is 133 Å². The summed E-state index contributed by atoms with van der Waals surface area (Å²) in [7, 11) is 0. The second kappa shape index (κ2) is 8.88. The number of aliphatic hydroxyl groups excluding tert-OH is 4. The second-order valence-corrected chi connectivity index (χ2v) is 7.97. The number of rotatable bonds is 6. The van der Waals surface area contributed by atoms with Crippen LogP contribution < -0.4 is 0 Å². The van der Waals surface area contributed by atoms with Crippen LogP contribution in [0.25, 0.3) is 0 Å². The number of carboxylic acids is 1. The van der Waals surface area contributed by atoms with Gasteiger partial charge in [0.05, 0.1) is 35.9 Å². The molecule has 0 radical (unpaired) electrons. The summed E-state index contributed by atoms with van der Waals surface area (Å²) in [4.78, 5) is 10.4. The highest BCUT2D eigenvalue weighted by molar-refractivity contribution is 8.09. The van der Waals surface area contributed by atoms with Crippen LogP contribution in [0.4, 0.5) is 0 Å². The topological polar surface area (TPSA) is 118 Å². The molecule has 0 aliphatic rings. The van der Waals surface area contributed by atoms with E-state index in [0.717, 1.165) is 0 Å². The average Bonchev–Trinajstić information content (AvgIpc) is 2.32. The molecule has 0 atom stereocenters. The SMILES string of the molecule is CC(S)(S)C(S)(S)C(=O)O.OCC(CO)(CO)CO. The number of aliphatic carboxylic acids is 1. The molecule has 0 aliphatic carbocycles. The molecule has 116 valence electrons. The van der Waals surface area contributed by atoms with Crippen molar-refractivity contribution in [2.75, 3.05) is 26.4 Å². The summed E-state index contributed by atoms with van der Waals surface area (Å²) in [6.45, 7) is -0.118. The lowest BCUT2D eigenvalue weighted by Gasteiger charge is -2.30. The third-order valence-corrected chi connectivity index (χ3v) is 4.95. The summed E-state index contributed by atoms with van der Waals surface area (Å²) in [5.74, 6) is -1.16. The minimum absolute atomic E-state index is 0.406. The number of carbonyl (C=O) groups is 1. The first-order chi connectivity index (χ1) is 8.44. The van der Waals surface area contributed by atoms with E-state index in [4.69, 9.17) is 25.5 Å². The summed E-state index contributed by atoms with van der Waals surface area (Å²) in [5.41, 5.74) is -1.11. The van der Waals surface area contributed by atoms with Crippen molar-refractivity contribution in [1.82, 2.24) is 0 Å². The van der Waals surface area contributed by atoms with Crippen LogP contribution >= 0.6 is 50.5 Å². The normalized spacial score (nSPS) is 12.7. The Bertz CT molecular complexity index is 257. The Morgan fingerprint density at radius 3 is 1.16 bits per heavy atom. The molecule has 0 unspecified atom stereocenters. The zero-order chi connectivity index (χ0) is 15.9. The van der Waals surface area contributed by atoms with Crippen molar-refractivity contribution in [2.45, 2.75) is 15.1 Å². The molecule has 0 saturated carbocycles. The van der Waals surface area contributed by atoms with E-state index in [2.05, 4.69) is 50.5 Å². The van der Waals surface area contributed by atoms with Crippen LogP contribution in [0.2, 0.25) is 0 Å². The maximum Gasteiger partial charge on any atom is 0.331 e. The predicted octanol–water partition coefficient (Wildman–Crippen LogP) is -0.855. The monoisotopic (exact) mass is 352 g/mol. The van der Waals surface area contributed by atoms with Crippen molar-refractivity contribution in [2.24, 2.45) is 5.41 Å².